The van der Waals surface area contributed by atoms with Gasteiger partial charge in [-0.3, -0.25) is 14.4 Å². The highest BCUT2D eigenvalue weighted by molar-refractivity contribution is 5.71. The monoisotopic (exact) mass is 1150 g/mol. The van der Waals surface area contributed by atoms with Gasteiger partial charge in [0.25, 0.3) is 0 Å². The van der Waals surface area contributed by atoms with Crippen LogP contribution in [0.5, 0.6) is 0 Å². The lowest BCUT2D eigenvalue weighted by Gasteiger charge is -2.18. The molecule has 83 heavy (non-hydrogen) atoms. The van der Waals surface area contributed by atoms with Crippen LogP contribution in [0.1, 0.15) is 329 Å². The van der Waals surface area contributed by atoms with Crippen LogP contribution in [0.3, 0.4) is 0 Å². The number of carbonyl (C=O) groups excluding carboxylic acids is 3. The van der Waals surface area contributed by atoms with E-state index >= 15 is 0 Å². The summed E-state index contributed by atoms with van der Waals surface area (Å²) in [5.41, 5.74) is 0. The minimum absolute atomic E-state index is 0.0894. The lowest BCUT2D eigenvalue weighted by Crippen LogP contribution is -2.30. The molecule has 0 radical (unpaired) electrons. The largest absolute Gasteiger partial charge is 0.462 e. The van der Waals surface area contributed by atoms with Crippen LogP contribution in [0, 0.1) is 0 Å². The van der Waals surface area contributed by atoms with Crippen LogP contribution in [-0.4, -0.2) is 37.2 Å². The predicted octanol–water partition coefficient (Wildman–Crippen LogP) is 24.3. The van der Waals surface area contributed by atoms with Crippen LogP contribution in [0.2, 0.25) is 0 Å². The van der Waals surface area contributed by atoms with Crippen LogP contribution in [-0.2, 0) is 28.6 Å². The zero-order chi connectivity index (χ0) is 59.9. The first-order valence-electron chi connectivity index (χ1n) is 35.0. The van der Waals surface area contributed by atoms with Crippen molar-refractivity contribution >= 4 is 17.9 Å². The third-order valence-corrected chi connectivity index (χ3v) is 14.9. The normalized spacial score (nSPS) is 12.9. The van der Waals surface area contributed by atoms with Crippen LogP contribution in [0.15, 0.2) is 122 Å². The molecule has 6 heteroatoms. The van der Waals surface area contributed by atoms with Crippen LogP contribution < -0.4 is 0 Å². The molecule has 1 atom stereocenters. The fourth-order valence-corrected chi connectivity index (χ4v) is 9.75. The molecule has 0 aromatic carbocycles. The lowest BCUT2D eigenvalue weighted by atomic mass is 10.0. The molecule has 0 bridgehead atoms. The first-order valence-corrected chi connectivity index (χ1v) is 35.0. The van der Waals surface area contributed by atoms with E-state index in [2.05, 4.69) is 142 Å². The highest BCUT2D eigenvalue weighted by Gasteiger charge is 2.19. The molecule has 0 aliphatic rings. The van der Waals surface area contributed by atoms with E-state index in [1.54, 1.807) is 0 Å². The minimum atomic E-state index is -0.795. The van der Waals surface area contributed by atoms with Gasteiger partial charge >= 0.3 is 17.9 Å². The van der Waals surface area contributed by atoms with E-state index in [1.165, 1.54) is 154 Å². The average Bonchev–Trinajstić information content (AvgIpc) is 3.49. The van der Waals surface area contributed by atoms with Crippen molar-refractivity contribution in [2.75, 3.05) is 13.2 Å². The van der Waals surface area contributed by atoms with Gasteiger partial charge in [-0.15, -0.1) is 0 Å². The van der Waals surface area contributed by atoms with Crippen molar-refractivity contribution in [3.05, 3.63) is 122 Å². The van der Waals surface area contributed by atoms with Crippen molar-refractivity contribution in [1.82, 2.24) is 0 Å². The van der Waals surface area contributed by atoms with Crippen molar-refractivity contribution in [1.29, 1.82) is 0 Å². The number of esters is 3. The zero-order valence-electron chi connectivity index (χ0n) is 54.4. The Labute approximate surface area is 513 Å². The van der Waals surface area contributed by atoms with E-state index in [9.17, 15) is 14.4 Å². The SMILES string of the molecule is CC/C=C\C/C=C\C/C=C\C/C=C\C/C=C\C/C=C\CCCCCCCCC(=O)OCC(COC(=O)CCCCCCCCC/C=C\C/C=C\C/C=C\CC)OC(=O)CCCCCCCCCCCCC/C=C\CCCCCCCCCC. The molecule has 0 spiro atoms. The van der Waals surface area contributed by atoms with Crippen molar-refractivity contribution in [3.8, 4) is 0 Å². The van der Waals surface area contributed by atoms with Gasteiger partial charge in [-0.2, -0.15) is 0 Å². The van der Waals surface area contributed by atoms with E-state index in [0.717, 1.165) is 135 Å². The standard InChI is InChI=1S/C77H130O6/c1-4-7-10-13-16-19-22-25-28-31-33-35-37-38-40-41-43-46-49-52-55-58-61-64-67-70-76(79)82-73-74(72-81-75(78)69-66-63-60-57-54-51-48-45-30-27-24-21-18-15-12-9-6-3)83-77(80)71-68-65-62-59-56-53-50-47-44-42-39-36-34-32-29-26-23-20-17-14-11-8-5-2/h7,9-10,12,16,18-19,21,25,27-28,30,32-35,38,40,43,46,74H,4-6,8,11,13-15,17,20,22-24,26,29,31,36-37,39,41-42,44-45,47-73H2,1-3H3/b10-7-,12-9-,19-16-,21-18-,28-25-,30-27-,34-32-,35-33-,40-38-,46-43-. The first kappa shape index (κ1) is 78.8. The Morgan fingerprint density at radius 2 is 0.470 bits per heavy atom. The molecule has 0 aromatic rings. The van der Waals surface area contributed by atoms with Crippen molar-refractivity contribution < 1.29 is 28.6 Å². The molecule has 0 saturated heterocycles. The van der Waals surface area contributed by atoms with Crippen molar-refractivity contribution in [2.24, 2.45) is 0 Å². The molecule has 0 aliphatic heterocycles. The Kier molecular flexibility index (Phi) is 66.7. The summed E-state index contributed by atoms with van der Waals surface area (Å²) < 4.78 is 17.0. The minimum Gasteiger partial charge on any atom is -0.462 e. The Hall–Kier alpha value is -4.19. The summed E-state index contributed by atoms with van der Waals surface area (Å²) in [4.78, 5) is 38.5. The van der Waals surface area contributed by atoms with Crippen LogP contribution in [0.4, 0.5) is 0 Å². The summed E-state index contributed by atoms with van der Waals surface area (Å²) in [6, 6.07) is 0. The maximum absolute atomic E-state index is 13.0. The van der Waals surface area contributed by atoms with E-state index in [0.29, 0.717) is 19.3 Å². The predicted molar refractivity (Wildman–Crippen MR) is 362 cm³/mol. The molecule has 0 N–H and O–H groups in total. The molecular weight excluding hydrogens is 1020 g/mol. The number of ether oxygens (including phenoxy) is 3. The quantitative estimate of drug-likeness (QED) is 0.0261. The fourth-order valence-electron chi connectivity index (χ4n) is 9.75. The molecule has 0 fully saturated rings. The third-order valence-electron chi connectivity index (χ3n) is 14.9. The van der Waals surface area contributed by atoms with Gasteiger partial charge < -0.3 is 14.2 Å². The number of hydrogen-bond donors (Lipinski definition) is 0. The van der Waals surface area contributed by atoms with E-state index in [-0.39, 0.29) is 31.1 Å². The van der Waals surface area contributed by atoms with Crippen LogP contribution in [0.25, 0.3) is 0 Å². The number of hydrogen-bond acceptors (Lipinski definition) is 6. The van der Waals surface area contributed by atoms with E-state index in [4.69, 9.17) is 14.2 Å². The Morgan fingerprint density at radius 1 is 0.253 bits per heavy atom. The van der Waals surface area contributed by atoms with Gasteiger partial charge in [0.05, 0.1) is 0 Å². The molecule has 6 nitrogen and oxygen atoms in total. The average molecular weight is 1150 g/mol. The molecular formula is C77H130O6. The molecule has 0 aromatic heterocycles. The number of unbranched alkanes of at least 4 members (excludes halogenated alkanes) is 32. The van der Waals surface area contributed by atoms with Gasteiger partial charge in [-0.05, 0) is 128 Å². The molecule has 0 rings (SSSR count). The highest BCUT2D eigenvalue weighted by atomic mass is 16.6. The van der Waals surface area contributed by atoms with Crippen molar-refractivity contribution in [3.63, 3.8) is 0 Å². The Balaban J connectivity index is 4.41. The molecule has 0 heterocycles. The Morgan fingerprint density at radius 3 is 0.747 bits per heavy atom. The van der Waals surface area contributed by atoms with Gasteiger partial charge in [0.15, 0.2) is 6.10 Å². The van der Waals surface area contributed by atoms with Crippen molar-refractivity contribution in [2.45, 2.75) is 335 Å². The number of allylic oxidation sites excluding steroid dienone is 20. The highest BCUT2D eigenvalue weighted by Crippen LogP contribution is 2.16. The molecule has 474 valence electrons. The zero-order valence-corrected chi connectivity index (χ0v) is 54.4. The third kappa shape index (κ3) is 68.5. The second kappa shape index (κ2) is 70.3. The smallest absolute Gasteiger partial charge is 0.306 e. The summed E-state index contributed by atoms with van der Waals surface area (Å²) in [6.07, 6.45) is 97.8. The van der Waals surface area contributed by atoms with Gasteiger partial charge in [0.1, 0.15) is 13.2 Å². The maximum atomic E-state index is 13.0. The van der Waals surface area contributed by atoms with E-state index < -0.39 is 6.10 Å². The first-order chi connectivity index (χ1) is 41.0. The van der Waals surface area contributed by atoms with Crippen LogP contribution >= 0.6 is 0 Å². The van der Waals surface area contributed by atoms with Gasteiger partial charge in [0.2, 0.25) is 0 Å². The summed E-state index contributed by atoms with van der Waals surface area (Å²) in [5, 5.41) is 0. The van der Waals surface area contributed by atoms with E-state index in [1.807, 2.05) is 0 Å². The fraction of sp³-hybridized carbons (Fsp3) is 0.701. The lowest BCUT2D eigenvalue weighted by molar-refractivity contribution is -0.167. The summed E-state index contributed by atoms with van der Waals surface area (Å²) in [7, 11) is 0. The summed E-state index contributed by atoms with van der Waals surface area (Å²) in [5.74, 6) is -0.903. The molecule has 0 saturated carbocycles. The second-order valence-corrected chi connectivity index (χ2v) is 23.0. The number of carbonyl (C=O) groups is 3. The van der Waals surface area contributed by atoms with Gasteiger partial charge in [-0.1, -0.05) is 303 Å². The maximum Gasteiger partial charge on any atom is 0.306 e. The molecule has 0 amide bonds. The van der Waals surface area contributed by atoms with Gasteiger partial charge in [0, 0.05) is 19.3 Å². The summed E-state index contributed by atoms with van der Waals surface area (Å²) in [6.45, 7) is 6.43. The molecule has 1 unspecified atom stereocenters. The second-order valence-electron chi connectivity index (χ2n) is 23.0. The Bertz CT molecular complexity index is 1700. The molecule has 0 aliphatic carbocycles. The topological polar surface area (TPSA) is 78.9 Å². The summed E-state index contributed by atoms with van der Waals surface area (Å²) >= 11 is 0. The van der Waals surface area contributed by atoms with Gasteiger partial charge in [-0.25, -0.2) is 0 Å². The number of rotatable bonds is 63.